The van der Waals surface area contributed by atoms with Crippen LogP contribution in [0.15, 0.2) is 127 Å². The van der Waals surface area contributed by atoms with Gasteiger partial charge in [-0.1, -0.05) is 109 Å². The average Bonchev–Trinajstić information content (AvgIpc) is 3.56. The predicted octanol–water partition coefficient (Wildman–Crippen LogP) is 7.83. The first kappa shape index (κ1) is 21.8. The quantitative estimate of drug-likeness (QED) is 0.247. The zero-order valence-electron chi connectivity index (χ0n) is 21.1. The third-order valence-electron chi connectivity index (χ3n) is 7.71. The van der Waals surface area contributed by atoms with Crippen molar-refractivity contribution in [2.45, 2.75) is 0 Å². The van der Waals surface area contributed by atoms with Crippen molar-refractivity contribution >= 4 is 12.2 Å². The minimum absolute atomic E-state index is 0.589. The zero-order valence-corrected chi connectivity index (χ0v) is 21.1. The van der Waals surface area contributed by atoms with Crippen LogP contribution >= 0.6 is 0 Å². The van der Waals surface area contributed by atoms with Gasteiger partial charge in [0.2, 0.25) is 5.88 Å². The van der Waals surface area contributed by atoms with E-state index < -0.39 is 0 Å². The van der Waals surface area contributed by atoms with Gasteiger partial charge >= 0.3 is 0 Å². The van der Waals surface area contributed by atoms with Crippen LogP contribution in [0, 0.1) is 0 Å². The Morgan fingerprint density at radius 3 is 1.87 bits per heavy atom. The van der Waals surface area contributed by atoms with Gasteiger partial charge in [-0.3, -0.25) is 0 Å². The number of ether oxygens (including phenoxy) is 1. The molecular weight excluding hydrogens is 474 g/mol. The van der Waals surface area contributed by atoms with Crippen molar-refractivity contribution in [1.29, 1.82) is 0 Å². The molecule has 1 heterocycles. The van der Waals surface area contributed by atoms with Crippen LogP contribution in [0.25, 0.3) is 56.7 Å². The van der Waals surface area contributed by atoms with Crippen molar-refractivity contribution in [3.05, 3.63) is 149 Å². The lowest BCUT2D eigenvalue weighted by atomic mass is 9.94. The Morgan fingerprint density at radius 1 is 0.410 bits per heavy atom. The predicted molar refractivity (Wildman–Crippen MR) is 159 cm³/mol. The van der Waals surface area contributed by atoms with Gasteiger partial charge in [0.1, 0.15) is 5.75 Å². The summed E-state index contributed by atoms with van der Waals surface area (Å²) in [4.78, 5) is 4.96. The second kappa shape index (κ2) is 8.68. The Bertz CT molecular complexity index is 2040. The third-order valence-corrected chi connectivity index (χ3v) is 7.71. The number of rotatable bonds is 4. The van der Waals surface area contributed by atoms with Crippen LogP contribution in [0.4, 0.5) is 0 Å². The lowest BCUT2D eigenvalue weighted by Gasteiger charge is -2.15. The van der Waals surface area contributed by atoms with Crippen molar-refractivity contribution in [3.8, 4) is 56.1 Å². The van der Waals surface area contributed by atoms with Crippen LogP contribution in [0.3, 0.4) is 0 Å². The molecule has 0 radical (unpaired) electrons. The molecular formula is C37H23NO. The van der Waals surface area contributed by atoms with E-state index >= 15 is 0 Å². The zero-order chi connectivity index (χ0) is 25.8. The summed E-state index contributed by atoms with van der Waals surface area (Å²) in [5.41, 5.74) is 11.7. The lowest BCUT2D eigenvalue weighted by Crippen LogP contribution is -2.25. The van der Waals surface area contributed by atoms with E-state index in [1.54, 1.807) is 0 Å². The van der Waals surface area contributed by atoms with E-state index in [2.05, 4.69) is 115 Å². The van der Waals surface area contributed by atoms with Gasteiger partial charge in [0.25, 0.3) is 0 Å². The van der Waals surface area contributed by atoms with Gasteiger partial charge in [0.15, 0.2) is 0 Å². The van der Waals surface area contributed by atoms with E-state index in [1.807, 2.05) is 24.3 Å². The Labute approximate surface area is 226 Å². The molecule has 2 aliphatic rings. The highest BCUT2D eigenvalue weighted by molar-refractivity contribution is 5.89. The van der Waals surface area contributed by atoms with Crippen LogP contribution in [-0.4, -0.2) is 4.98 Å². The van der Waals surface area contributed by atoms with Gasteiger partial charge in [-0.15, -0.1) is 0 Å². The summed E-state index contributed by atoms with van der Waals surface area (Å²) in [7, 11) is 0. The largest absolute Gasteiger partial charge is 0.438 e. The summed E-state index contributed by atoms with van der Waals surface area (Å²) in [5.74, 6) is 1.37. The Hall–Kier alpha value is -5.21. The minimum Gasteiger partial charge on any atom is -0.438 e. The molecule has 6 aromatic rings. The molecule has 2 aliphatic carbocycles. The number of benzene rings is 5. The van der Waals surface area contributed by atoms with Crippen molar-refractivity contribution < 1.29 is 4.74 Å². The molecule has 1 aromatic heterocycles. The fourth-order valence-corrected chi connectivity index (χ4v) is 5.91. The molecule has 0 aliphatic heterocycles. The number of fused-ring (bicyclic) bond motifs is 7. The van der Waals surface area contributed by atoms with Crippen molar-refractivity contribution in [1.82, 2.24) is 4.98 Å². The molecule has 0 saturated heterocycles. The topological polar surface area (TPSA) is 22.1 Å². The third kappa shape index (κ3) is 3.53. The molecule has 0 amide bonds. The maximum atomic E-state index is 6.48. The summed E-state index contributed by atoms with van der Waals surface area (Å²) in [6.45, 7) is 0. The molecule has 8 rings (SSSR count). The first-order valence-corrected chi connectivity index (χ1v) is 13.2. The molecule has 0 fully saturated rings. The molecule has 0 bridgehead atoms. The number of pyridine rings is 1. The standard InChI is InChI=1S/C37H23NO/c1-2-10-24(11-3-1)26-13-6-7-15-28(26)32-16-8-9-17-36(32)39-37-21-20-31-30-19-18-29-27-14-5-4-12-25(27)22-33(29)34(30)23-35(31)38-37/h1-23H. The summed E-state index contributed by atoms with van der Waals surface area (Å²) in [5, 5.41) is 2.51. The van der Waals surface area contributed by atoms with E-state index in [-0.39, 0.29) is 0 Å². The number of hydrogen-bond acceptors (Lipinski definition) is 2. The van der Waals surface area contributed by atoms with E-state index in [9.17, 15) is 0 Å². The lowest BCUT2D eigenvalue weighted by molar-refractivity contribution is 0.464. The highest BCUT2D eigenvalue weighted by atomic mass is 16.5. The summed E-state index contributed by atoms with van der Waals surface area (Å²) >= 11 is 0. The number of nitrogens with zero attached hydrogens (tertiary/aromatic N) is 1. The van der Waals surface area contributed by atoms with Crippen molar-refractivity contribution in [3.63, 3.8) is 0 Å². The normalized spacial score (nSPS) is 12.0. The van der Waals surface area contributed by atoms with Crippen molar-refractivity contribution in [2.24, 2.45) is 0 Å². The Balaban J connectivity index is 1.19. The van der Waals surface area contributed by atoms with E-state index in [0.29, 0.717) is 5.88 Å². The highest BCUT2D eigenvalue weighted by Crippen LogP contribution is 2.39. The molecule has 2 heteroatoms. The smallest absolute Gasteiger partial charge is 0.219 e. The van der Waals surface area contributed by atoms with Gasteiger partial charge in [-0.05, 0) is 73.7 Å². The molecule has 39 heavy (non-hydrogen) atoms. The minimum atomic E-state index is 0.589. The molecule has 0 atom stereocenters. The SMILES string of the molecule is C1=c2c(ccc3c2=Cc2nc(Oc4ccccc4-c4ccccc4-c4ccccc4)ccc2-3)-c2ccccc21. The summed E-state index contributed by atoms with van der Waals surface area (Å²) in [6, 6.07) is 44.3. The Morgan fingerprint density at radius 2 is 1.03 bits per heavy atom. The van der Waals surface area contributed by atoms with Gasteiger partial charge in [0.05, 0.1) is 5.69 Å². The van der Waals surface area contributed by atoms with E-state index in [4.69, 9.17) is 9.72 Å². The van der Waals surface area contributed by atoms with Crippen LogP contribution in [-0.2, 0) is 0 Å². The van der Waals surface area contributed by atoms with Crippen LogP contribution in [0.2, 0.25) is 0 Å². The second-order valence-electron chi connectivity index (χ2n) is 9.96. The van der Waals surface area contributed by atoms with E-state index in [1.165, 1.54) is 43.8 Å². The second-order valence-corrected chi connectivity index (χ2v) is 9.96. The molecule has 0 N–H and O–H groups in total. The van der Waals surface area contributed by atoms with Gasteiger partial charge < -0.3 is 4.74 Å². The van der Waals surface area contributed by atoms with Crippen LogP contribution in [0.5, 0.6) is 11.6 Å². The van der Waals surface area contributed by atoms with Gasteiger partial charge in [-0.2, -0.15) is 0 Å². The van der Waals surface area contributed by atoms with Gasteiger partial charge in [-0.25, -0.2) is 4.98 Å². The maximum Gasteiger partial charge on any atom is 0.219 e. The van der Waals surface area contributed by atoms with Gasteiger partial charge in [0, 0.05) is 17.2 Å². The molecule has 0 spiro atoms. The first-order chi connectivity index (χ1) is 19.3. The fourth-order valence-electron chi connectivity index (χ4n) is 5.91. The van der Waals surface area contributed by atoms with Crippen LogP contribution < -0.4 is 15.2 Å². The van der Waals surface area contributed by atoms with E-state index in [0.717, 1.165) is 28.1 Å². The summed E-state index contributed by atoms with van der Waals surface area (Å²) < 4.78 is 6.48. The number of para-hydroxylation sites is 1. The Kier molecular flexibility index (Phi) is 4.86. The first-order valence-electron chi connectivity index (χ1n) is 13.2. The monoisotopic (exact) mass is 497 g/mol. The molecule has 182 valence electrons. The summed E-state index contributed by atoms with van der Waals surface area (Å²) in [6.07, 6.45) is 4.50. The molecule has 0 saturated carbocycles. The maximum absolute atomic E-state index is 6.48. The fraction of sp³-hybridized carbons (Fsp3) is 0. The number of aromatic nitrogens is 1. The number of hydrogen-bond donors (Lipinski definition) is 0. The highest BCUT2D eigenvalue weighted by Gasteiger charge is 2.20. The molecule has 2 nitrogen and oxygen atoms in total. The van der Waals surface area contributed by atoms with Crippen molar-refractivity contribution in [2.75, 3.05) is 0 Å². The molecule has 5 aromatic carbocycles. The molecule has 0 unspecified atom stereocenters. The van der Waals surface area contributed by atoms with Crippen LogP contribution in [0.1, 0.15) is 11.3 Å². The average molecular weight is 498 g/mol.